The molecule has 0 saturated carbocycles. The van der Waals surface area contributed by atoms with Gasteiger partial charge < -0.3 is 16.0 Å². The number of nitrogens with two attached hydrogens (primary N) is 1. The van der Waals surface area contributed by atoms with Crippen molar-refractivity contribution in [1.82, 2.24) is 10.2 Å². The van der Waals surface area contributed by atoms with E-state index in [1.54, 1.807) is 0 Å². The molecule has 2 heterocycles. The summed E-state index contributed by atoms with van der Waals surface area (Å²) < 4.78 is 0. The maximum absolute atomic E-state index is 5.45. The molecule has 0 amide bonds. The molecule has 2 saturated heterocycles. The maximum atomic E-state index is 5.45. The summed E-state index contributed by atoms with van der Waals surface area (Å²) in [5, 5.41) is 3.33. The number of nitrogens with zero attached hydrogens (tertiary/aromatic N) is 1. The lowest BCUT2D eigenvalue weighted by Crippen LogP contribution is -2.36. The molecule has 3 N–H and O–H groups in total. The molecule has 0 radical (unpaired) electrons. The molecular formula is C14H33N3. The Morgan fingerprint density at radius 1 is 1.18 bits per heavy atom. The average Bonchev–Trinajstić information content (AvgIpc) is 2.34. The van der Waals surface area contributed by atoms with Crippen LogP contribution in [-0.2, 0) is 0 Å². The van der Waals surface area contributed by atoms with E-state index in [9.17, 15) is 0 Å². The van der Waals surface area contributed by atoms with Crippen molar-refractivity contribution in [2.75, 3.05) is 39.3 Å². The lowest BCUT2D eigenvalue weighted by Gasteiger charge is -2.29. The summed E-state index contributed by atoms with van der Waals surface area (Å²) in [6.45, 7) is 11.5. The molecule has 0 aliphatic carbocycles. The van der Waals surface area contributed by atoms with Crippen LogP contribution in [0.5, 0.6) is 0 Å². The second-order valence-corrected chi connectivity index (χ2v) is 5.76. The first-order chi connectivity index (χ1) is 8.22. The summed E-state index contributed by atoms with van der Waals surface area (Å²) in [5.74, 6) is 1.86. The van der Waals surface area contributed by atoms with Gasteiger partial charge in [0.1, 0.15) is 0 Å². The minimum atomic E-state index is 0. The Bertz CT molecular complexity index is 176. The summed E-state index contributed by atoms with van der Waals surface area (Å²) in [7, 11) is 0. The number of piperidine rings is 2. The van der Waals surface area contributed by atoms with Crippen LogP contribution in [0.15, 0.2) is 0 Å². The van der Waals surface area contributed by atoms with Crippen LogP contribution in [0.3, 0.4) is 0 Å². The van der Waals surface area contributed by atoms with Gasteiger partial charge in [-0.2, -0.15) is 0 Å². The third-order valence-electron chi connectivity index (χ3n) is 3.86. The van der Waals surface area contributed by atoms with Gasteiger partial charge in [0.25, 0.3) is 0 Å². The Morgan fingerprint density at radius 3 is 2.29 bits per heavy atom. The lowest BCUT2D eigenvalue weighted by atomic mass is 9.99. The van der Waals surface area contributed by atoms with Gasteiger partial charge >= 0.3 is 0 Å². The highest BCUT2D eigenvalue weighted by Crippen LogP contribution is 2.14. The SMILES string of the molecule is CC1CCN(CCN)CC1.C[C@H]1CCCNC1.[HH]. The fourth-order valence-electron chi connectivity index (χ4n) is 2.49. The van der Waals surface area contributed by atoms with Gasteiger partial charge in [0.2, 0.25) is 0 Å². The van der Waals surface area contributed by atoms with Crippen LogP contribution in [0.4, 0.5) is 0 Å². The molecule has 0 aromatic rings. The van der Waals surface area contributed by atoms with Crippen molar-refractivity contribution in [1.29, 1.82) is 0 Å². The highest BCUT2D eigenvalue weighted by Gasteiger charge is 2.13. The summed E-state index contributed by atoms with van der Waals surface area (Å²) in [6.07, 6.45) is 5.52. The number of likely N-dealkylation sites (tertiary alicyclic amines) is 1. The standard InChI is InChI=1S/C8H18N2.C6H13N.H2/c1-8-2-5-10(6-3-8)7-4-9;1-6-3-2-4-7-5-6;/h8H,2-7,9H2,1H3;6-7H,2-5H2,1H3;1H/t;6-;/m.0./s1. The molecule has 0 spiro atoms. The Hall–Kier alpha value is -0.120. The molecule has 0 unspecified atom stereocenters. The molecule has 2 aliphatic heterocycles. The minimum absolute atomic E-state index is 0. The van der Waals surface area contributed by atoms with E-state index < -0.39 is 0 Å². The molecule has 17 heavy (non-hydrogen) atoms. The monoisotopic (exact) mass is 243 g/mol. The van der Waals surface area contributed by atoms with E-state index in [4.69, 9.17) is 5.73 Å². The zero-order chi connectivity index (χ0) is 12.5. The number of rotatable bonds is 2. The first kappa shape index (κ1) is 14.9. The van der Waals surface area contributed by atoms with Gasteiger partial charge in [-0.3, -0.25) is 0 Å². The molecule has 2 fully saturated rings. The van der Waals surface area contributed by atoms with Gasteiger partial charge in [-0.25, -0.2) is 0 Å². The van der Waals surface area contributed by atoms with Gasteiger partial charge in [0, 0.05) is 14.5 Å². The Morgan fingerprint density at radius 2 is 1.88 bits per heavy atom. The molecule has 104 valence electrons. The normalized spacial score (nSPS) is 27.4. The van der Waals surface area contributed by atoms with Crippen molar-refractivity contribution in [3.05, 3.63) is 0 Å². The quantitative estimate of drug-likeness (QED) is 0.779. The van der Waals surface area contributed by atoms with Crippen LogP contribution in [0, 0.1) is 11.8 Å². The Balaban J connectivity index is 0.000000321. The third-order valence-corrected chi connectivity index (χ3v) is 3.86. The van der Waals surface area contributed by atoms with Gasteiger partial charge in [-0.1, -0.05) is 13.8 Å². The van der Waals surface area contributed by atoms with Crippen molar-refractivity contribution >= 4 is 0 Å². The van der Waals surface area contributed by atoms with Gasteiger partial charge in [0.15, 0.2) is 0 Å². The number of hydrogen-bond acceptors (Lipinski definition) is 3. The predicted octanol–water partition coefficient (Wildman–Crippen LogP) is 1.93. The van der Waals surface area contributed by atoms with E-state index in [0.29, 0.717) is 0 Å². The van der Waals surface area contributed by atoms with E-state index in [2.05, 4.69) is 24.1 Å². The second-order valence-electron chi connectivity index (χ2n) is 5.76. The highest BCUT2D eigenvalue weighted by molar-refractivity contribution is 4.68. The third kappa shape index (κ3) is 7.02. The van der Waals surface area contributed by atoms with E-state index in [-0.39, 0.29) is 1.43 Å². The van der Waals surface area contributed by atoms with Crippen molar-refractivity contribution < 1.29 is 1.43 Å². The number of nitrogens with one attached hydrogen (secondary N) is 1. The first-order valence-corrected chi connectivity index (χ1v) is 7.35. The molecule has 1 atom stereocenters. The van der Waals surface area contributed by atoms with Crippen LogP contribution >= 0.6 is 0 Å². The summed E-state index contributed by atoms with van der Waals surface area (Å²) in [6, 6.07) is 0. The van der Waals surface area contributed by atoms with E-state index >= 15 is 0 Å². The highest BCUT2D eigenvalue weighted by atomic mass is 15.1. The van der Waals surface area contributed by atoms with Crippen molar-refractivity contribution in [2.45, 2.75) is 39.5 Å². The Kier molecular flexibility index (Phi) is 7.82. The molecule has 0 bridgehead atoms. The van der Waals surface area contributed by atoms with Crippen molar-refractivity contribution in [3.63, 3.8) is 0 Å². The van der Waals surface area contributed by atoms with Crippen molar-refractivity contribution in [3.8, 4) is 0 Å². The summed E-state index contributed by atoms with van der Waals surface area (Å²) >= 11 is 0. The van der Waals surface area contributed by atoms with Crippen LogP contribution in [0.2, 0.25) is 0 Å². The number of hydrogen-bond donors (Lipinski definition) is 2. The second kappa shape index (κ2) is 8.90. The Labute approximate surface area is 109 Å². The molecule has 0 aromatic carbocycles. The fraction of sp³-hybridized carbons (Fsp3) is 1.00. The molecule has 2 aliphatic rings. The van der Waals surface area contributed by atoms with E-state index in [1.165, 1.54) is 51.9 Å². The smallest absolute Gasteiger partial charge is 0.0105 e. The molecular weight excluding hydrogens is 210 g/mol. The topological polar surface area (TPSA) is 41.3 Å². The molecule has 0 aromatic heterocycles. The van der Waals surface area contributed by atoms with Gasteiger partial charge in [0.05, 0.1) is 0 Å². The zero-order valence-corrected chi connectivity index (χ0v) is 11.8. The predicted molar refractivity (Wildman–Crippen MR) is 77.3 cm³/mol. The summed E-state index contributed by atoms with van der Waals surface area (Å²) in [5.41, 5.74) is 5.45. The summed E-state index contributed by atoms with van der Waals surface area (Å²) in [4.78, 5) is 2.46. The maximum Gasteiger partial charge on any atom is 0.0105 e. The molecule has 2 rings (SSSR count). The largest absolute Gasteiger partial charge is 0.329 e. The minimum Gasteiger partial charge on any atom is -0.329 e. The van der Waals surface area contributed by atoms with E-state index in [1.807, 2.05) is 0 Å². The molecule has 3 nitrogen and oxygen atoms in total. The van der Waals surface area contributed by atoms with Crippen molar-refractivity contribution in [2.24, 2.45) is 17.6 Å². The van der Waals surface area contributed by atoms with Gasteiger partial charge in [-0.05, 0) is 63.7 Å². The van der Waals surface area contributed by atoms with Crippen LogP contribution in [0.25, 0.3) is 0 Å². The lowest BCUT2D eigenvalue weighted by molar-refractivity contribution is 0.197. The van der Waals surface area contributed by atoms with Gasteiger partial charge in [-0.15, -0.1) is 0 Å². The van der Waals surface area contributed by atoms with Crippen LogP contribution in [0.1, 0.15) is 41.0 Å². The average molecular weight is 243 g/mol. The first-order valence-electron chi connectivity index (χ1n) is 7.35. The van der Waals surface area contributed by atoms with Crippen LogP contribution in [-0.4, -0.2) is 44.2 Å². The van der Waals surface area contributed by atoms with E-state index in [0.717, 1.165) is 24.9 Å². The zero-order valence-electron chi connectivity index (χ0n) is 11.8. The van der Waals surface area contributed by atoms with Crippen LogP contribution < -0.4 is 11.1 Å². The molecule has 3 heteroatoms. The fourth-order valence-corrected chi connectivity index (χ4v) is 2.49.